The van der Waals surface area contributed by atoms with Crippen molar-refractivity contribution < 1.29 is 14.6 Å². The van der Waals surface area contributed by atoms with Gasteiger partial charge in [0.25, 0.3) is 11.6 Å². The molecule has 0 spiro atoms. The fourth-order valence-corrected chi connectivity index (χ4v) is 2.80. The van der Waals surface area contributed by atoms with Gasteiger partial charge in [-0.2, -0.15) is 0 Å². The second-order valence-corrected chi connectivity index (χ2v) is 7.11. The van der Waals surface area contributed by atoms with E-state index in [4.69, 9.17) is 0 Å². The van der Waals surface area contributed by atoms with Crippen molar-refractivity contribution in [2.45, 2.75) is 20.4 Å². The third kappa shape index (κ3) is 5.37. The Morgan fingerprint density at radius 2 is 1.80 bits per heavy atom. The fourth-order valence-electron chi connectivity index (χ4n) is 2.53. The van der Waals surface area contributed by atoms with Crippen LogP contribution in [0.25, 0.3) is 0 Å². The third-order valence-electron chi connectivity index (χ3n) is 3.96. The topological polar surface area (TPSA) is 76.7 Å². The van der Waals surface area contributed by atoms with Crippen molar-refractivity contribution >= 4 is 33.2 Å². The Hall–Kier alpha value is -2.25. The lowest BCUT2D eigenvalue weighted by atomic mass is 10.1. The van der Waals surface area contributed by atoms with E-state index in [1.807, 2.05) is 45.2 Å². The van der Waals surface area contributed by atoms with E-state index in [1.165, 1.54) is 6.07 Å². The van der Waals surface area contributed by atoms with Crippen LogP contribution in [-0.4, -0.2) is 24.4 Å². The van der Waals surface area contributed by atoms with Gasteiger partial charge in [0.15, 0.2) is 6.54 Å². The summed E-state index contributed by atoms with van der Waals surface area (Å²) < 4.78 is 1.01. The van der Waals surface area contributed by atoms with Gasteiger partial charge in [-0.3, -0.25) is 14.9 Å². The highest BCUT2D eigenvalue weighted by atomic mass is 79.9. The van der Waals surface area contributed by atoms with Crippen molar-refractivity contribution in [1.82, 2.24) is 0 Å². The monoisotopic (exact) mass is 406 g/mol. The van der Waals surface area contributed by atoms with E-state index in [1.54, 1.807) is 6.07 Å². The molecule has 0 radical (unpaired) electrons. The van der Waals surface area contributed by atoms with E-state index < -0.39 is 4.92 Å². The van der Waals surface area contributed by atoms with Crippen LogP contribution in [0.2, 0.25) is 0 Å². The van der Waals surface area contributed by atoms with E-state index in [2.05, 4.69) is 21.2 Å². The second kappa shape index (κ2) is 8.22. The number of carbonyl (C=O) groups is 1. The number of halogens is 1. The van der Waals surface area contributed by atoms with E-state index >= 15 is 0 Å². The Morgan fingerprint density at radius 3 is 2.40 bits per heavy atom. The Morgan fingerprint density at radius 1 is 1.20 bits per heavy atom. The summed E-state index contributed by atoms with van der Waals surface area (Å²) in [4.78, 5) is 24.0. The van der Waals surface area contributed by atoms with Crippen LogP contribution in [-0.2, 0) is 11.3 Å². The molecule has 0 aliphatic carbocycles. The molecule has 25 heavy (non-hydrogen) atoms. The number of amides is 1. The lowest BCUT2D eigenvalue weighted by Gasteiger charge is -2.14. The number of carbonyl (C=O) groups excluding carboxylic acids is 1. The highest BCUT2D eigenvalue weighted by Gasteiger charge is 2.19. The molecule has 0 saturated carbocycles. The summed E-state index contributed by atoms with van der Waals surface area (Å²) in [6.07, 6.45) is 0. The smallest absolute Gasteiger partial charge is 0.293 e. The van der Waals surface area contributed by atoms with Gasteiger partial charge in [0.1, 0.15) is 12.2 Å². The van der Waals surface area contributed by atoms with Crippen LogP contribution in [0, 0.1) is 24.0 Å². The van der Waals surface area contributed by atoms with Crippen molar-refractivity contribution in [3.05, 3.63) is 67.7 Å². The molecule has 2 N–H and O–H groups in total. The predicted octanol–water partition coefficient (Wildman–Crippen LogP) is 2.63. The normalized spacial score (nSPS) is 11.8. The van der Waals surface area contributed by atoms with Gasteiger partial charge in [0.2, 0.25) is 0 Å². The van der Waals surface area contributed by atoms with Crippen molar-refractivity contribution in [1.29, 1.82) is 0 Å². The van der Waals surface area contributed by atoms with Crippen LogP contribution in [0.5, 0.6) is 0 Å². The van der Waals surface area contributed by atoms with Crippen LogP contribution >= 0.6 is 15.9 Å². The summed E-state index contributed by atoms with van der Waals surface area (Å²) in [5, 5.41) is 13.9. The molecule has 132 valence electrons. The summed E-state index contributed by atoms with van der Waals surface area (Å²) in [6, 6.07) is 11.1. The van der Waals surface area contributed by atoms with Gasteiger partial charge in [-0.15, -0.1) is 0 Å². The molecule has 2 aromatic rings. The number of nitrogens with zero attached hydrogens (tertiary/aromatic N) is 1. The van der Waals surface area contributed by atoms with Gasteiger partial charge < -0.3 is 10.2 Å². The molecule has 0 aromatic heterocycles. The van der Waals surface area contributed by atoms with Gasteiger partial charge in [-0.25, -0.2) is 0 Å². The number of anilines is 1. The molecule has 6 nitrogen and oxygen atoms in total. The van der Waals surface area contributed by atoms with Gasteiger partial charge >= 0.3 is 0 Å². The lowest BCUT2D eigenvalue weighted by Crippen LogP contribution is -3.08. The van der Waals surface area contributed by atoms with Gasteiger partial charge in [-0.05, 0) is 43.2 Å². The highest BCUT2D eigenvalue weighted by molar-refractivity contribution is 9.10. The first-order valence-electron chi connectivity index (χ1n) is 7.87. The molecule has 0 aliphatic heterocycles. The van der Waals surface area contributed by atoms with E-state index in [0.717, 1.165) is 26.1 Å². The van der Waals surface area contributed by atoms with Crippen molar-refractivity contribution in [3.63, 3.8) is 0 Å². The first kappa shape index (κ1) is 19.1. The molecule has 0 heterocycles. The van der Waals surface area contributed by atoms with Crippen molar-refractivity contribution in [2.75, 3.05) is 18.9 Å². The quantitative estimate of drug-likeness (QED) is 0.571. The number of likely N-dealkylation sites (N-methyl/N-ethyl adjacent to an activating group) is 1. The van der Waals surface area contributed by atoms with Gasteiger partial charge in [0.05, 0.1) is 12.0 Å². The molecule has 1 amide bonds. The number of nitro groups is 1. The van der Waals surface area contributed by atoms with Crippen LogP contribution < -0.4 is 10.2 Å². The van der Waals surface area contributed by atoms with E-state index in [9.17, 15) is 14.9 Å². The zero-order valence-electron chi connectivity index (χ0n) is 14.4. The number of hydrogen-bond donors (Lipinski definition) is 2. The first-order valence-corrected chi connectivity index (χ1v) is 8.67. The average Bonchev–Trinajstić information content (AvgIpc) is 2.52. The van der Waals surface area contributed by atoms with Crippen LogP contribution in [0.15, 0.2) is 40.9 Å². The lowest BCUT2D eigenvalue weighted by molar-refractivity contribution is -0.885. The SMILES string of the molecule is Cc1cc(NC(=O)C[NH+](C)Cc2ccc(Br)cc2)c([N+](=O)[O-])cc1C. The zero-order chi connectivity index (χ0) is 18.6. The number of quaternary nitrogens is 1. The molecule has 0 saturated heterocycles. The van der Waals surface area contributed by atoms with E-state index in [-0.39, 0.29) is 23.8 Å². The number of benzene rings is 2. The molecule has 0 bridgehead atoms. The molecule has 0 fully saturated rings. The molecular formula is C18H21BrN3O3+. The summed E-state index contributed by atoms with van der Waals surface area (Å²) in [5.74, 6) is -0.249. The Labute approximate surface area is 155 Å². The Bertz CT molecular complexity index is 791. The van der Waals surface area contributed by atoms with Crippen molar-refractivity contribution in [2.24, 2.45) is 0 Å². The van der Waals surface area contributed by atoms with E-state index in [0.29, 0.717) is 6.54 Å². The van der Waals surface area contributed by atoms with Crippen LogP contribution in [0.3, 0.4) is 0 Å². The maximum Gasteiger partial charge on any atom is 0.293 e. The standard InChI is InChI=1S/C18H20BrN3O3/c1-12-8-16(17(22(24)25)9-13(12)2)20-18(23)11-21(3)10-14-4-6-15(19)7-5-14/h4-9H,10-11H2,1-3H3,(H,20,23)/p+1. The van der Waals surface area contributed by atoms with Crippen LogP contribution in [0.4, 0.5) is 11.4 Å². The summed E-state index contributed by atoms with van der Waals surface area (Å²) in [6.45, 7) is 4.58. The Balaban J connectivity index is 2.03. The minimum atomic E-state index is -0.472. The molecular weight excluding hydrogens is 386 g/mol. The number of hydrogen-bond acceptors (Lipinski definition) is 3. The molecule has 2 aromatic carbocycles. The zero-order valence-corrected chi connectivity index (χ0v) is 16.0. The van der Waals surface area contributed by atoms with Gasteiger partial charge in [-0.1, -0.05) is 28.1 Å². The Kier molecular flexibility index (Phi) is 6.27. The number of rotatable bonds is 6. The maximum atomic E-state index is 12.3. The molecule has 2 rings (SSSR count). The summed E-state index contributed by atoms with van der Waals surface area (Å²) in [5.41, 5.74) is 3.00. The van der Waals surface area contributed by atoms with Crippen molar-refractivity contribution in [3.8, 4) is 0 Å². The first-order chi connectivity index (χ1) is 11.8. The summed E-state index contributed by atoms with van der Waals surface area (Å²) >= 11 is 3.39. The number of aryl methyl sites for hydroxylation is 2. The third-order valence-corrected chi connectivity index (χ3v) is 4.49. The fraction of sp³-hybridized carbons (Fsp3) is 0.278. The maximum absolute atomic E-state index is 12.3. The number of nitro benzene ring substituents is 1. The minimum absolute atomic E-state index is 0.0815. The minimum Gasteiger partial charge on any atom is -0.326 e. The second-order valence-electron chi connectivity index (χ2n) is 6.20. The van der Waals surface area contributed by atoms with Gasteiger partial charge in [0, 0.05) is 16.1 Å². The van der Waals surface area contributed by atoms with Crippen LogP contribution in [0.1, 0.15) is 16.7 Å². The average molecular weight is 407 g/mol. The molecule has 1 unspecified atom stereocenters. The molecule has 0 aliphatic rings. The summed E-state index contributed by atoms with van der Waals surface area (Å²) in [7, 11) is 1.91. The molecule has 1 atom stereocenters. The number of nitrogens with one attached hydrogen (secondary N) is 2. The predicted molar refractivity (Wildman–Crippen MR) is 101 cm³/mol. The largest absolute Gasteiger partial charge is 0.326 e. The molecule has 7 heteroatoms. The highest BCUT2D eigenvalue weighted by Crippen LogP contribution is 2.27.